The van der Waals surface area contributed by atoms with E-state index >= 15 is 0 Å². The fraction of sp³-hybridized carbons (Fsp3) is 0.273. The number of hydrogen-bond acceptors (Lipinski definition) is 5. The lowest BCUT2D eigenvalue weighted by Crippen LogP contribution is -2.37. The molecule has 0 aromatic heterocycles. The molecule has 148 valence electrons. The molecule has 2 aromatic carbocycles. The van der Waals surface area contributed by atoms with Gasteiger partial charge in [-0.05, 0) is 54.1 Å². The molecule has 0 atom stereocenters. The lowest BCUT2D eigenvalue weighted by Gasteiger charge is -2.32. The van der Waals surface area contributed by atoms with Gasteiger partial charge in [0.15, 0.2) is 5.17 Å². The Morgan fingerprint density at radius 3 is 2.62 bits per heavy atom. The number of likely N-dealkylation sites (tertiary alicyclic amines) is 1. The normalized spacial score (nSPS) is 18.9. The van der Waals surface area contributed by atoms with E-state index in [2.05, 4.69) is 34.2 Å². The minimum atomic E-state index is -0.437. The number of hydrogen-bond donors (Lipinski definition) is 0. The molecule has 0 radical (unpaired) electrons. The van der Waals surface area contributed by atoms with Crippen LogP contribution in [0, 0.1) is 16.0 Å². The van der Waals surface area contributed by atoms with Crippen LogP contribution < -0.4 is 0 Å². The lowest BCUT2D eigenvalue weighted by atomic mass is 9.90. The molecule has 29 heavy (non-hydrogen) atoms. The molecule has 1 fully saturated rings. The molecular formula is C22H21N3O3S. The van der Waals surface area contributed by atoms with Gasteiger partial charge >= 0.3 is 0 Å². The number of aliphatic imine (C=N–C) groups is 1. The summed E-state index contributed by atoms with van der Waals surface area (Å²) in [7, 11) is 0. The van der Waals surface area contributed by atoms with Crippen molar-refractivity contribution in [2.24, 2.45) is 10.9 Å². The number of carbonyl (C=O) groups is 1. The van der Waals surface area contributed by atoms with E-state index in [1.165, 1.54) is 29.5 Å². The quantitative estimate of drug-likeness (QED) is 0.423. The van der Waals surface area contributed by atoms with Crippen molar-refractivity contribution in [3.63, 3.8) is 0 Å². The average molecular weight is 407 g/mol. The van der Waals surface area contributed by atoms with Crippen molar-refractivity contribution >= 4 is 34.6 Å². The number of amides is 1. The lowest BCUT2D eigenvalue weighted by molar-refractivity contribution is -0.384. The molecule has 0 spiro atoms. The number of benzene rings is 2. The maximum Gasteiger partial charge on any atom is 0.286 e. The third kappa shape index (κ3) is 4.74. The summed E-state index contributed by atoms with van der Waals surface area (Å²) in [5, 5.41) is 11.7. The van der Waals surface area contributed by atoms with E-state index in [9.17, 15) is 14.9 Å². The number of nitro groups is 1. The Labute approximate surface area is 173 Å². The first-order chi connectivity index (χ1) is 14.1. The van der Waals surface area contributed by atoms with Crippen LogP contribution in [-0.2, 0) is 11.2 Å². The van der Waals surface area contributed by atoms with Crippen LogP contribution in [0.25, 0.3) is 6.08 Å². The maximum atomic E-state index is 12.3. The number of nitro benzene ring substituents is 1. The Morgan fingerprint density at radius 2 is 1.90 bits per heavy atom. The Bertz CT molecular complexity index is 980. The van der Waals surface area contributed by atoms with Crippen LogP contribution in [0.5, 0.6) is 0 Å². The fourth-order valence-electron chi connectivity index (χ4n) is 3.69. The van der Waals surface area contributed by atoms with Gasteiger partial charge in [-0.3, -0.25) is 14.9 Å². The molecule has 2 aliphatic rings. The molecule has 1 amide bonds. The molecule has 2 aromatic rings. The zero-order valence-corrected chi connectivity index (χ0v) is 16.7. The van der Waals surface area contributed by atoms with Crippen molar-refractivity contribution < 1.29 is 9.72 Å². The van der Waals surface area contributed by atoms with Crippen LogP contribution in [0.3, 0.4) is 0 Å². The van der Waals surface area contributed by atoms with Gasteiger partial charge in [-0.2, -0.15) is 4.99 Å². The summed E-state index contributed by atoms with van der Waals surface area (Å²) in [5.41, 5.74) is 2.01. The highest BCUT2D eigenvalue weighted by molar-refractivity contribution is 8.18. The van der Waals surface area contributed by atoms with E-state index in [1.54, 1.807) is 18.2 Å². The van der Waals surface area contributed by atoms with Crippen LogP contribution >= 0.6 is 11.8 Å². The Balaban J connectivity index is 1.36. The summed E-state index contributed by atoms with van der Waals surface area (Å²) in [6.45, 7) is 1.78. The Kier molecular flexibility index (Phi) is 5.76. The van der Waals surface area contributed by atoms with Crippen molar-refractivity contribution in [3.05, 3.63) is 80.7 Å². The van der Waals surface area contributed by atoms with E-state index in [0.29, 0.717) is 16.4 Å². The molecule has 7 heteroatoms. The molecule has 2 heterocycles. The van der Waals surface area contributed by atoms with Crippen LogP contribution in [0.1, 0.15) is 24.0 Å². The molecule has 4 rings (SSSR count). The van der Waals surface area contributed by atoms with E-state index in [4.69, 9.17) is 0 Å². The molecule has 0 bridgehead atoms. The number of rotatable bonds is 4. The Morgan fingerprint density at radius 1 is 1.14 bits per heavy atom. The van der Waals surface area contributed by atoms with Crippen LogP contribution in [-0.4, -0.2) is 34.0 Å². The van der Waals surface area contributed by atoms with Crippen molar-refractivity contribution in [2.75, 3.05) is 13.1 Å². The second-order valence-corrected chi connectivity index (χ2v) is 8.29. The van der Waals surface area contributed by atoms with E-state index < -0.39 is 4.92 Å². The first-order valence-electron chi connectivity index (χ1n) is 9.64. The van der Waals surface area contributed by atoms with Crippen LogP contribution in [0.4, 0.5) is 5.69 Å². The fourth-order valence-corrected chi connectivity index (χ4v) is 4.65. The molecule has 1 saturated heterocycles. The van der Waals surface area contributed by atoms with Crippen molar-refractivity contribution in [1.29, 1.82) is 0 Å². The van der Waals surface area contributed by atoms with Gasteiger partial charge in [-0.25, -0.2) is 0 Å². The summed E-state index contributed by atoms with van der Waals surface area (Å²) in [4.78, 5) is 29.7. The van der Waals surface area contributed by atoms with Gasteiger partial charge in [-0.15, -0.1) is 0 Å². The van der Waals surface area contributed by atoms with Gasteiger partial charge in [0.05, 0.1) is 9.83 Å². The average Bonchev–Trinajstić information content (AvgIpc) is 3.10. The zero-order chi connectivity index (χ0) is 20.2. The second kappa shape index (κ2) is 8.61. The summed E-state index contributed by atoms with van der Waals surface area (Å²) >= 11 is 1.36. The standard InChI is InChI=1S/C22H21N3O3S/c26-21-20(15-18-7-4-8-19(14-18)25(27)28)29-22(23-21)24-11-9-17(10-12-24)13-16-5-2-1-3-6-16/h1-8,14-15,17H,9-13H2. The maximum absolute atomic E-state index is 12.3. The SMILES string of the molecule is O=C1N=C(N2CCC(Cc3ccccc3)CC2)SC1=Cc1cccc([N+](=O)[O-])c1. The highest BCUT2D eigenvalue weighted by Gasteiger charge is 2.29. The highest BCUT2D eigenvalue weighted by Crippen LogP contribution is 2.33. The third-order valence-electron chi connectivity index (χ3n) is 5.24. The van der Waals surface area contributed by atoms with Gasteiger partial charge in [0.25, 0.3) is 11.6 Å². The van der Waals surface area contributed by atoms with Crippen LogP contribution in [0.15, 0.2) is 64.5 Å². The number of amidine groups is 1. The van der Waals surface area contributed by atoms with Gasteiger partial charge in [0.2, 0.25) is 0 Å². The van der Waals surface area contributed by atoms with Crippen molar-refractivity contribution in [1.82, 2.24) is 4.90 Å². The zero-order valence-electron chi connectivity index (χ0n) is 15.9. The third-order valence-corrected chi connectivity index (χ3v) is 6.28. The first kappa shape index (κ1) is 19.4. The number of non-ortho nitro benzene ring substituents is 1. The molecule has 0 aliphatic carbocycles. The number of thioether (sulfide) groups is 1. The van der Waals surface area contributed by atoms with Gasteiger partial charge in [0, 0.05) is 25.2 Å². The molecular weight excluding hydrogens is 386 g/mol. The van der Waals surface area contributed by atoms with E-state index in [-0.39, 0.29) is 11.6 Å². The van der Waals surface area contributed by atoms with Gasteiger partial charge in [-0.1, -0.05) is 42.5 Å². The molecule has 6 nitrogen and oxygen atoms in total. The van der Waals surface area contributed by atoms with E-state index in [0.717, 1.165) is 37.5 Å². The molecule has 2 aliphatic heterocycles. The summed E-state index contributed by atoms with van der Waals surface area (Å²) in [6.07, 6.45) is 4.92. The van der Waals surface area contributed by atoms with Gasteiger partial charge < -0.3 is 4.90 Å². The number of nitrogens with zero attached hydrogens (tertiary/aromatic N) is 3. The number of carbonyl (C=O) groups excluding carboxylic acids is 1. The summed E-state index contributed by atoms with van der Waals surface area (Å²) in [5.74, 6) is 0.374. The second-order valence-electron chi connectivity index (χ2n) is 7.28. The minimum absolute atomic E-state index is 0.0106. The topological polar surface area (TPSA) is 75.8 Å². The van der Waals surface area contributed by atoms with Gasteiger partial charge in [0.1, 0.15) is 0 Å². The Hall–Kier alpha value is -2.93. The smallest absolute Gasteiger partial charge is 0.286 e. The summed E-state index contributed by atoms with van der Waals surface area (Å²) in [6, 6.07) is 16.8. The van der Waals surface area contributed by atoms with Crippen molar-refractivity contribution in [2.45, 2.75) is 19.3 Å². The monoisotopic (exact) mass is 407 g/mol. The molecule has 0 N–H and O–H groups in total. The molecule has 0 saturated carbocycles. The van der Waals surface area contributed by atoms with Crippen LogP contribution in [0.2, 0.25) is 0 Å². The number of piperidine rings is 1. The predicted octanol–water partition coefficient (Wildman–Crippen LogP) is 4.52. The largest absolute Gasteiger partial charge is 0.351 e. The minimum Gasteiger partial charge on any atom is -0.351 e. The van der Waals surface area contributed by atoms with E-state index in [1.807, 2.05) is 6.07 Å². The summed E-state index contributed by atoms with van der Waals surface area (Å²) < 4.78 is 0. The highest BCUT2D eigenvalue weighted by atomic mass is 32.2. The molecule has 0 unspecified atom stereocenters. The predicted molar refractivity (Wildman–Crippen MR) is 116 cm³/mol. The van der Waals surface area contributed by atoms with Crippen molar-refractivity contribution in [3.8, 4) is 0 Å². The first-order valence-corrected chi connectivity index (χ1v) is 10.5.